The van der Waals surface area contributed by atoms with Crippen LogP contribution in [0.25, 0.3) is 11.3 Å². The summed E-state index contributed by atoms with van der Waals surface area (Å²) in [4.78, 5) is 33.7. The number of alkyl halides is 3. The van der Waals surface area contributed by atoms with Crippen molar-refractivity contribution in [1.29, 1.82) is 0 Å². The number of nitrogens with one attached hydrogen (secondary N) is 1. The van der Waals surface area contributed by atoms with Crippen molar-refractivity contribution in [3.05, 3.63) is 102 Å². The summed E-state index contributed by atoms with van der Waals surface area (Å²) in [6, 6.07) is 22.4. The number of primary amides is 1. The second-order valence-corrected chi connectivity index (χ2v) is 12.3. The minimum Gasteiger partial charge on any atom is -0.493 e. The van der Waals surface area contributed by atoms with Gasteiger partial charge in [0.2, 0.25) is 12.3 Å². The van der Waals surface area contributed by atoms with Crippen molar-refractivity contribution in [2.24, 2.45) is 11.7 Å². The number of aryl methyl sites for hydroxylation is 1. The van der Waals surface area contributed by atoms with E-state index in [0.29, 0.717) is 19.4 Å². The first kappa shape index (κ1) is 42.2. The Morgan fingerprint density at radius 3 is 2.26 bits per heavy atom. The monoisotopic (exact) mass is 736 g/mol. The molecule has 2 aliphatic rings. The fraction of sp³-hybridized carbons (Fsp3) is 0.385. The number of para-hydroxylation sites is 1. The number of hydrogen-bond donors (Lipinski definition) is 3. The zero-order chi connectivity index (χ0) is 38.5. The number of fused-ring (bicyclic) bond motifs is 1. The second-order valence-electron chi connectivity index (χ2n) is 12.3. The van der Waals surface area contributed by atoms with Gasteiger partial charge in [-0.3, -0.25) is 19.4 Å². The fourth-order valence-corrected chi connectivity index (χ4v) is 5.75. The maximum absolute atomic E-state index is 11.9. The van der Waals surface area contributed by atoms with Crippen LogP contribution in [-0.4, -0.2) is 95.3 Å². The normalized spacial score (nSPS) is 15.2. The molecule has 2 aromatic heterocycles. The molecule has 6 rings (SSSR count). The lowest BCUT2D eigenvalue weighted by molar-refractivity contribution is -0.132. The van der Waals surface area contributed by atoms with Crippen LogP contribution in [0.4, 0.5) is 13.2 Å². The smallest absolute Gasteiger partial charge is 0.405 e. The van der Waals surface area contributed by atoms with Gasteiger partial charge in [0, 0.05) is 56.6 Å². The number of hydrogen-bond acceptors (Lipinski definition) is 9. The van der Waals surface area contributed by atoms with E-state index in [9.17, 15) is 27.9 Å². The maximum Gasteiger partial charge on any atom is 0.405 e. The number of β-amino-alcohol motifs (C(OH)–C–C–N with tert-alkyl or cyclic N) is 1. The Labute approximate surface area is 308 Å². The van der Waals surface area contributed by atoms with Crippen molar-refractivity contribution in [1.82, 2.24) is 25.1 Å². The van der Waals surface area contributed by atoms with Gasteiger partial charge in [-0.15, -0.1) is 12.8 Å². The minimum absolute atomic E-state index is 0.00743. The number of aromatic nitrogens is 2. The highest BCUT2D eigenvalue weighted by Crippen LogP contribution is 2.24. The Morgan fingerprint density at radius 1 is 0.981 bits per heavy atom. The fourth-order valence-electron chi connectivity index (χ4n) is 5.75. The van der Waals surface area contributed by atoms with Gasteiger partial charge in [-0.1, -0.05) is 48.5 Å². The molecule has 4 heterocycles. The molecule has 0 radical (unpaired) electrons. The van der Waals surface area contributed by atoms with Crippen LogP contribution in [0.3, 0.4) is 0 Å². The van der Waals surface area contributed by atoms with Crippen molar-refractivity contribution in [3.63, 3.8) is 0 Å². The summed E-state index contributed by atoms with van der Waals surface area (Å²) in [5.41, 5.74) is 8.85. The molecule has 284 valence electrons. The van der Waals surface area contributed by atoms with Gasteiger partial charge in [-0.25, -0.2) is 9.97 Å². The van der Waals surface area contributed by atoms with Crippen LogP contribution in [0, 0.1) is 18.8 Å². The minimum atomic E-state index is -4.29. The third kappa shape index (κ3) is 15.9. The number of carbonyl (C=O) groups is 2. The molecule has 0 saturated carbocycles. The lowest BCUT2D eigenvalue weighted by atomic mass is 9.94. The van der Waals surface area contributed by atoms with E-state index in [4.69, 9.17) is 14.9 Å². The molecule has 4 aromatic rings. The first-order chi connectivity index (χ1) is 25.6. The first-order valence-corrected chi connectivity index (χ1v) is 17.2. The van der Waals surface area contributed by atoms with Gasteiger partial charge in [0.05, 0.1) is 19.3 Å². The standard InChI is InChI=1S/C25H31N5O3.C9H10O.C3H4F3NO.C2H2/c26-25(32)21(12-19-14-27-18-28-15-19)13-22(31)16-29-8-10-30(11-9-29)17-23-6-7-24(33-23)20-4-2-1-3-5-20;1-2-6-9-8(4-1)5-3-7-10-9;4-3(5,6)1-7-2-8;1-2/h1-7,14-15,18,21-22,31H,8-13,16-17H2,(H2,26,32);1-2,4,6H,3,5,7H2;2H,1H2,(H,7,8);1-2H/t21-,22+;;;/m1.../s1. The largest absolute Gasteiger partial charge is 0.493 e. The van der Waals surface area contributed by atoms with Crippen molar-refractivity contribution in [3.8, 4) is 29.9 Å². The van der Waals surface area contributed by atoms with Crippen LogP contribution in [-0.2, 0) is 29.0 Å². The molecule has 14 heteroatoms. The number of carbonyl (C=O) groups excluding carboxylic acids is 2. The average molecular weight is 737 g/mol. The van der Waals surface area contributed by atoms with Gasteiger partial charge < -0.3 is 25.3 Å². The molecule has 1 saturated heterocycles. The summed E-state index contributed by atoms with van der Waals surface area (Å²) in [7, 11) is 0. The third-order valence-corrected chi connectivity index (χ3v) is 8.29. The van der Waals surface area contributed by atoms with Gasteiger partial charge in [-0.05, 0) is 55.0 Å². The van der Waals surface area contributed by atoms with Crippen LogP contribution in [0.15, 0.2) is 89.9 Å². The molecule has 0 bridgehead atoms. The molecular weight excluding hydrogens is 689 g/mol. The first-order valence-electron chi connectivity index (χ1n) is 17.2. The second kappa shape index (κ2) is 22.7. The van der Waals surface area contributed by atoms with Crippen molar-refractivity contribution in [2.75, 3.05) is 45.9 Å². The Kier molecular flexibility index (Phi) is 18.0. The zero-order valence-electron chi connectivity index (χ0n) is 29.5. The SMILES string of the molecule is C#C.NC(=O)[C@H](Cc1cncnc1)C[C@H](O)CN1CCN(Cc2ccc(-c3ccccc3)o2)CC1.O=CNCC(F)(F)F.c1ccc2c(c1)CCCO2. The average Bonchev–Trinajstić information content (AvgIpc) is 3.65. The van der Waals surface area contributed by atoms with Crippen LogP contribution in [0.5, 0.6) is 5.75 Å². The number of aliphatic hydroxyl groups is 1. The van der Waals surface area contributed by atoms with E-state index in [1.54, 1.807) is 12.4 Å². The van der Waals surface area contributed by atoms with Crippen molar-refractivity contribution < 1.29 is 37.0 Å². The molecule has 0 aliphatic carbocycles. The molecule has 0 spiro atoms. The molecule has 1 fully saturated rings. The summed E-state index contributed by atoms with van der Waals surface area (Å²) in [6.07, 6.45) is 11.0. The quantitative estimate of drug-likeness (QED) is 0.141. The number of furan rings is 1. The predicted octanol–water partition coefficient (Wildman–Crippen LogP) is 4.51. The predicted molar refractivity (Wildman–Crippen MR) is 195 cm³/mol. The van der Waals surface area contributed by atoms with Crippen molar-refractivity contribution >= 4 is 12.3 Å². The summed E-state index contributed by atoms with van der Waals surface area (Å²) < 4.78 is 44.5. The highest BCUT2D eigenvalue weighted by molar-refractivity contribution is 5.77. The van der Waals surface area contributed by atoms with Crippen LogP contribution in [0.2, 0.25) is 0 Å². The van der Waals surface area contributed by atoms with E-state index in [1.165, 1.54) is 23.6 Å². The van der Waals surface area contributed by atoms with Gasteiger partial charge in [0.25, 0.3) is 0 Å². The number of nitrogens with zero attached hydrogens (tertiary/aromatic N) is 4. The van der Waals surface area contributed by atoms with Gasteiger partial charge in [0.15, 0.2) is 0 Å². The highest BCUT2D eigenvalue weighted by Gasteiger charge is 2.26. The highest BCUT2D eigenvalue weighted by atomic mass is 19.4. The molecule has 2 amide bonds. The lowest BCUT2D eigenvalue weighted by Gasteiger charge is -2.35. The lowest BCUT2D eigenvalue weighted by Crippen LogP contribution is -2.48. The number of terminal acetylenes is 1. The topological polar surface area (TPSA) is 147 Å². The Bertz CT molecular complexity index is 1620. The number of aliphatic hydroxyl groups excluding tert-OH is 1. The van der Waals surface area contributed by atoms with Crippen molar-refractivity contribution in [2.45, 2.75) is 44.5 Å². The molecule has 0 unspecified atom stereocenters. The van der Waals surface area contributed by atoms with Crippen LogP contribution < -0.4 is 15.8 Å². The molecule has 11 nitrogen and oxygen atoms in total. The van der Waals surface area contributed by atoms with E-state index >= 15 is 0 Å². The van der Waals surface area contributed by atoms with E-state index in [-0.39, 0.29) is 6.41 Å². The van der Waals surface area contributed by atoms with Crippen LogP contribution in [0.1, 0.15) is 29.7 Å². The Balaban J connectivity index is 0.000000307. The van der Waals surface area contributed by atoms with E-state index in [2.05, 4.69) is 44.7 Å². The summed E-state index contributed by atoms with van der Waals surface area (Å²) in [5.74, 6) is 2.07. The number of amides is 2. The third-order valence-electron chi connectivity index (χ3n) is 8.29. The molecule has 2 aromatic carbocycles. The molecule has 2 atom stereocenters. The van der Waals surface area contributed by atoms with Gasteiger partial charge in [-0.2, -0.15) is 13.2 Å². The number of nitrogens with two attached hydrogens (primary N) is 1. The summed E-state index contributed by atoms with van der Waals surface area (Å²) >= 11 is 0. The number of halogens is 3. The number of ether oxygens (including phenoxy) is 1. The Hall–Kier alpha value is -5.23. The Morgan fingerprint density at radius 2 is 1.64 bits per heavy atom. The van der Waals surface area contributed by atoms with Gasteiger partial charge >= 0.3 is 6.18 Å². The van der Waals surface area contributed by atoms with E-state index in [0.717, 1.165) is 74.1 Å². The van der Waals surface area contributed by atoms with Gasteiger partial charge in [0.1, 0.15) is 30.1 Å². The molecule has 53 heavy (non-hydrogen) atoms. The van der Waals surface area contributed by atoms with E-state index < -0.39 is 30.7 Å². The number of piperazine rings is 1. The maximum atomic E-state index is 11.9. The zero-order valence-corrected chi connectivity index (χ0v) is 29.5. The summed E-state index contributed by atoms with van der Waals surface area (Å²) in [6.45, 7) is 4.44. The molecular formula is C39H47F3N6O5. The van der Waals surface area contributed by atoms with Crippen LogP contribution >= 0.6 is 0 Å². The number of rotatable bonds is 12. The molecule has 4 N–H and O–H groups in total. The van der Waals surface area contributed by atoms with E-state index in [1.807, 2.05) is 54.6 Å². The summed E-state index contributed by atoms with van der Waals surface area (Å²) in [5, 5.41) is 12.1. The molecule has 2 aliphatic heterocycles. The number of benzene rings is 2.